The Morgan fingerprint density at radius 2 is 1.69 bits per heavy atom. The number of ether oxygens (including phenoxy) is 1. The van der Waals surface area contributed by atoms with Crippen LogP contribution in [0.25, 0.3) is 33.9 Å². The van der Waals surface area contributed by atoms with E-state index in [-0.39, 0.29) is 47.2 Å². The minimum atomic E-state index is -4.62. The lowest BCUT2D eigenvalue weighted by molar-refractivity contribution is -0.141. The van der Waals surface area contributed by atoms with Gasteiger partial charge in [-0.1, -0.05) is 24.3 Å². The van der Waals surface area contributed by atoms with Gasteiger partial charge in [-0.15, -0.1) is 0 Å². The van der Waals surface area contributed by atoms with Gasteiger partial charge in [0.1, 0.15) is 29.8 Å². The number of methoxy groups -OCH3 is 1. The Balaban J connectivity index is 1.43. The molecule has 1 N–H and O–H groups in total. The molecule has 4 aromatic heterocycles. The molecule has 1 aliphatic carbocycles. The zero-order valence-corrected chi connectivity index (χ0v) is 24.3. The summed E-state index contributed by atoms with van der Waals surface area (Å²) < 4.78 is 89.9. The van der Waals surface area contributed by atoms with E-state index in [1.54, 1.807) is 38.1 Å². The van der Waals surface area contributed by atoms with Gasteiger partial charge in [-0.05, 0) is 32.3 Å². The first-order valence-corrected chi connectivity index (χ1v) is 14.0. The van der Waals surface area contributed by atoms with Gasteiger partial charge in [-0.25, -0.2) is 24.9 Å². The molecule has 0 spiro atoms. The maximum atomic E-state index is 13.6. The molecule has 0 atom stereocenters. The molecule has 0 aliphatic heterocycles. The Labute approximate surface area is 251 Å². The highest BCUT2D eigenvalue weighted by molar-refractivity contribution is 5.76. The molecule has 6 rings (SSSR count). The smallest absolute Gasteiger partial charge is 0.434 e. The molecule has 0 saturated heterocycles. The van der Waals surface area contributed by atoms with Crippen molar-refractivity contribution in [3.8, 4) is 28.7 Å². The Morgan fingerprint density at radius 1 is 0.978 bits per heavy atom. The summed E-state index contributed by atoms with van der Waals surface area (Å²) in [6.07, 6.45) is -3.85. The van der Waals surface area contributed by atoms with Crippen LogP contribution in [-0.4, -0.2) is 51.9 Å². The maximum Gasteiger partial charge on any atom is 0.434 e. The predicted molar refractivity (Wildman–Crippen MR) is 149 cm³/mol. The quantitative estimate of drug-likeness (QED) is 0.206. The fourth-order valence-electron chi connectivity index (χ4n) is 5.22. The molecule has 0 unspecified atom stereocenters. The topological polar surface area (TPSA) is 112 Å². The normalized spacial score (nSPS) is 14.1. The lowest BCUT2D eigenvalue weighted by Gasteiger charge is -2.12. The van der Waals surface area contributed by atoms with Crippen molar-refractivity contribution in [1.29, 1.82) is 5.41 Å². The largest absolute Gasteiger partial charge is 0.480 e. The molecule has 1 fully saturated rings. The molecule has 236 valence electrons. The third kappa shape index (κ3) is 5.88. The fraction of sp³-hybridized carbons (Fsp3) is 0.379. The molecule has 16 heteroatoms. The van der Waals surface area contributed by atoms with Crippen LogP contribution in [0.3, 0.4) is 0 Å². The highest BCUT2D eigenvalue weighted by Crippen LogP contribution is 2.45. The van der Waals surface area contributed by atoms with Crippen molar-refractivity contribution >= 4 is 11.2 Å². The summed E-state index contributed by atoms with van der Waals surface area (Å²) in [6.45, 7) is 2.00. The Morgan fingerprint density at radius 3 is 2.29 bits per heavy atom. The highest BCUT2D eigenvalue weighted by atomic mass is 19.4. The number of rotatable bonds is 8. The van der Waals surface area contributed by atoms with E-state index < -0.39 is 30.2 Å². The van der Waals surface area contributed by atoms with Gasteiger partial charge in [0, 0.05) is 23.7 Å². The third-order valence-corrected chi connectivity index (χ3v) is 7.50. The minimum absolute atomic E-state index is 0.000115. The van der Waals surface area contributed by atoms with Crippen molar-refractivity contribution in [2.45, 2.75) is 64.1 Å². The molecule has 45 heavy (non-hydrogen) atoms. The van der Waals surface area contributed by atoms with E-state index in [1.807, 2.05) is 0 Å². The summed E-state index contributed by atoms with van der Waals surface area (Å²) >= 11 is 0. The second kappa shape index (κ2) is 11.0. The Kier molecular flexibility index (Phi) is 7.40. The Hall–Kier alpha value is -4.76. The summed E-state index contributed by atoms with van der Waals surface area (Å²) in [5, 5.41) is 8.68. The van der Waals surface area contributed by atoms with Gasteiger partial charge in [-0.2, -0.15) is 26.3 Å². The highest BCUT2D eigenvalue weighted by Gasteiger charge is 2.36. The third-order valence-electron chi connectivity index (χ3n) is 7.50. The molecule has 10 nitrogen and oxygen atoms in total. The summed E-state index contributed by atoms with van der Waals surface area (Å²) in [5.41, 5.74) is 0.723. The van der Waals surface area contributed by atoms with Crippen LogP contribution in [0.5, 0.6) is 5.88 Å². The van der Waals surface area contributed by atoms with Crippen molar-refractivity contribution in [2.24, 2.45) is 0 Å². The summed E-state index contributed by atoms with van der Waals surface area (Å²) in [7, 11) is 1.43. The zero-order valence-electron chi connectivity index (χ0n) is 24.3. The van der Waals surface area contributed by atoms with Crippen LogP contribution in [0, 0.1) is 5.41 Å². The first-order chi connectivity index (χ1) is 21.2. The van der Waals surface area contributed by atoms with Crippen LogP contribution in [0.1, 0.15) is 55.6 Å². The van der Waals surface area contributed by atoms with E-state index in [0.717, 1.165) is 23.6 Å². The van der Waals surface area contributed by atoms with Gasteiger partial charge >= 0.3 is 12.4 Å². The number of imidazole rings is 2. The number of hydrogen-bond acceptors (Lipinski definition) is 7. The van der Waals surface area contributed by atoms with Gasteiger partial charge in [0.15, 0.2) is 17.2 Å². The first kappa shape index (κ1) is 30.3. The van der Waals surface area contributed by atoms with Gasteiger partial charge in [0.25, 0.3) is 0 Å². The second-order valence-electron chi connectivity index (χ2n) is 11.1. The average molecular weight is 632 g/mol. The van der Waals surface area contributed by atoms with Gasteiger partial charge in [0.05, 0.1) is 25.5 Å². The van der Waals surface area contributed by atoms with E-state index in [0.29, 0.717) is 22.4 Å². The van der Waals surface area contributed by atoms with Gasteiger partial charge < -0.3 is 9.30 Å². The van der Waals surface area contributed by atoms with E-state index in [1.165, 1.54) is 28.8 Å². The number of nitrogens with zero attached hydrogens (tertiary/aromatic N) is 8. The molecule has 0 radical (unpaired) electrons. The molecular formula is C29H27F6N9O. The molecule has 1 aromatic carbocycles. The molecule has 1 aliphatic rings. The number of alkyl halides is 6. The van der Waals surface area contributed by atoms with Crippen LogP contribution in [0.15, 0.2) is 43.0 Å². The molecule has 4 heterocycles. The number of fused-ring (bicyclic) bond motifs is 1. The molecule has 1 saturated carbocycles. The van der Waals surface area contributed by atoms with Crippen LogP contribution in [0.4, 0.5) is 26.3 Å². The zero-order chi connectivity index (χ0) is 32.3. The number of aromatic nitrogens is 8. The Bertz CT molecular complexity index is 1930. The minimum Gasteiger partial charge on any atom is -0.480 e. The fourth-order valence-corrected chi connectivity index (χ4v) is 5.22. The lowest BCUT2D eigenvalue weighted by Crippen LogP contribution is -2.30. The van der Waals surface area contributed by atoms with E-state index in [4.69, 9.17) is 10.1 Å². The van der Waals surface area contributed by atoms with Crippen molar-refractivity contribution in [2.75, 3.05) is 7.11 Å². The van der Waals surface area contributed by atoms with E-state index >= 15 is 0 Å². The number of hydrogen-bond donors (Lipinski definition) is 1. The number of halogens is 6. The summed E-state index contributed by atoms with van der Waals surface area (Å²) in [4.78, 5) is 21.3. The number of benzene rings is 1. The monoisotopic (exact) mass is 631 g/mol. The maximum absolute atomic E-state index is 13.6. The van der Waals surface area contributed by atoms with E-state index in [9.17, 15) is 26.3 Å². The molecular weight excluding hydrogens is 604 g/mol. The number of nitrogens with one attached hydrogen (secondary N) is 1. The van der Waals surface area contributed by atoms with Crippen molar-refractivity contribution in [3.63, 3.8) is 0 Å². The molecule has 0 bridgehead atoms. The predicted octanol–water partition coefficient (Wildman–Crippen LogP) is 6.13. The summed E-state index contributed by atoms with van der Waals surface area (Å²) in [6, 6.07) is 6.13. The van der Waals surface area contributed by atoms with Crippen LogP contribution < -0.4 is 10.4 Å². The van der Waals surface area contributed by atoms with Crippen molar-refractivity contribution in [1.82, 2.24) is 38.6 Å². The van der Waals surface area contributed by atoms with Crippen LogP contribution in [0.2, 0.25) is 0 Å². The standard InChI is InChI=1S/C29H27F6N9O/c1-15(2)42-12-20(29(33,34)35)40-24(42)18-6-4-16(5-7-18)11-43-25-19(44(27(43)36)13-28(30,31)32)10-37-23(41-25)21-22(17-8-9-17)38-14-39-26(21)45-3/h4-7,10,12,14-15,17,36H,8-9,11,13H2,1-3H3. The van der Waals surface area contributed by atoms with E-state index in [2.05, 4.69) is 24.9 Å². The van der Waals surface area contributed by atoms with Gasteiger partial charge in [0.2, 0.25) is 11.5 Å². The van der Waals surface area contributed by atoms with Crippen LogP contribution in [-0.2, 0) is 19.3 Å². The second-order valence-corrected chi connectivity index (χ2v) is 11.1. The van der Waals surface area contributed by atoms with Crippen molar-refractivity contribution in [3.05, 3.63) is 65.6 Å². The molecule has 5 aromatic rings. The average Bonchev–Trinajstić information content (AvgIpc) is 3.68. The lowest BCUT2D eigenvalue weighted by atomic mass is 10.1. The van der Waals surface area contributed by atoms with Crippen molar-refractivity contribution < 1.29 is 31.1 Å². The first-order valence-electron chi connectivity index (χ1n) is 14.0. The summed E-state index contributed by atoms with van der Waals surface area (Å²) in [5.74, 6) is 0.656. The SMILES string of the molecule is COc1ncnc(C2CC2)c1-c1ncc2c(n1)n(Cc1ccc(-c3nc(C(F)(F)F)cn3C(C)C)cc1)c(=N)n2CC(F)(F)F. The molecule has 0 amide bonds. The van der Waals surface area contributed by atoms with Gasteiger partial charge in [-0.3, -0.25) is 14.5 Å². The van der Waals surface area contributed by atoms with Crippen LogP contribution >= 0.6 is 0 Å².